The van der Waals surface area contributed by atoms with Gasteiger partial charge < -0.3 is 10.2 Å². The molecule has 0 spiro atoms. The van der Waals surface area contributed by atoms with Gasteiger partial charge in [-0.15, -0.1) is 0 Å². The first kappa shape index (κ1) is 12.0. The number of likely N-dealkylation sites (tertiary alicyclic amines) is 1. The van der Waals surface area contributed by atoms with Crippen molar-refractivity contribution in [2.24, 2.45) is 0 Å². The fourth-order valence-electron chi connectivity index (χ4n) is 2.38. The van der Waals surface area contributed by atoms with Crippen molar-refractivity contribution in [2.45, 2.75) is 18.9 Å². The van der Waals surface area contributed by atoms with Crippen molar-refractivity contribution < 1.29 is 9.18 Å². The molecule has 1 heterocycles. The second kappa shape index (κ2) is 5.27. The number of carbonyl (C=O) groups excluding carboxylic acids is 1. The van der Waals surface area contributed by atoms with Gasteiger partial charge in [0.05, 0.1) is 12.6 Å². The number of benzene rings is 1. The number of nitrogens with one attached hydrogen (secondary N) is 1. The highest BCUT2D eigenvalue weighted by Crippen LogP contribution is 2.31. The Balaban J connectivity index is 2.17. The van der Waals surface area contributed by atoms with Crippen LogP contribution in [0.15, 0.2) is 24.3 Å². The Labute approximate surface area is 101 Å². The predicted molar refractivity (Wildman–Crippen MR) is 64.0 cm³/mol. The van der Waals surface area contributed by atoms with Gasteiger partial charge in [0.1, 0.15) is 5.82 Å². The lowest BCUT2D eigenvalue weighted by molar-refractivity contribution is -0.131. The van der Waals surface area contributed by atoms with E-state index in [2.05, 4.69) is 5.32 Å². The summed E-state index contributed by atoms with van der Waals surface area (Å²) in [5.41, 5.74) is 0.895. The molecule has 1 fully saturated rings. The molecule has 17 heavy (non-hydrogen) atoms. The zero-order valence-electron chi connectivity index (χ0n) is 9.95. The van der Waals surface area contributed by atoms with Gasteiger partial charge in [-0.1, -0.05) is 12.1 Å². The number of likely N-dealkylation sites (N-methyl/N-ethyl adjacent to an activating group) is 1. The maximum absolute atomic E-state index is 13.2. The largest absolute Gasteiger partial charge is 0.335 e. The SMILES string of the molecule is CNCC(=O)N1CCCC1c1cccc(F)c1. The smallest absolute Gasteiger partial charge is 0.237 e. The van der Waals surface area contributed by atoms with Crippen LogP contribution in [0, 0.1) is 5.82 Å². The molecule has 2 rings (SSSR count). The number of carbonyl (C=O) groups is 1. The minimum Gasteiger partial charge on any atom is -0.335 e. The molecule has 0 aromatic heterocycles. The zero-order chi connectivity index (χ0) is 12.3. The monoisotopic (exact) mass is 236 g/mol. The molecule has 1 aromatic carbocycles. The van der Waals surface area contributed by atoms with Gasteiger partial charge in [-0.05, 0) is 37.6 Å². The third kappa shape index (κ3) is 2.64. The number of hydrogen-bond donors (Lipinski definition) is 1. The summed E-state index contributed by atoms with van der Waals surface area (Å²) in [7, 11) is 1.76. The second-order valence-electron chi connectivity index (χ2n) is 4.33. The first-order valence-electron chi connectivity index (χ1n) is 5.92. The molecule has 4 heteroatoms. The molecule has 1 atom stereocenters. The lowest BCUT2D eigenvalue weighted by Gasteiger charge is -2.25. The molecule has 92 valence electrons. The molecule has 3 nitrogen and oxygen atoms in total. The van der Waals surface area contributed by atoms with Crippen LogP contribution in [0.1, 0.15) is 24.4 Å². The normalized spacial score (nSPS) is 19.6. The molecule has 1 N–H and O–H groups in total. The topological polar surface area (TPSA) is 32.3 Å². The molecule has 0 saturated carbocycles. The molecule has 0 aliphatic carbocycles. The molecular formula is C13H17FN2O. The van der Waals surface area contributed by atoms with E-state index in [1.165, 1.54) is 12.1 Å². The highest BCUT2D eigenvalue weighted by atomic mass is 19.1. The molecule has 1 aliphatic heterocycles. The van der Waals surface area contributed by atoms with E-state index < -0.39 is 0 Å². The van der Waals surface area contributed by atoms with E-state index in [4.69, 9.17) is 0 Å². The summed E-state index contributed by atoms with van der Waals surface area (Å²) >= 11 is 0. The minimum atomic E-state index is -0.240. The van der Waals surface area contributed by atoms with Crippen LogP contribution in [0.25, 0.3) is 0 Å². The van der Waals surface area contributed by atoms with E-state index in [0.29, 0.717) is 6.54 Å². The van der Waals surface area contributed by atoms with Gasteiger partial charge in [0, 0.05) is 6.54 Å². The Bertz CT molecular complexity index is 408. The molecule has 1 aliphatic rings. The van der Waals surface area contributed by atoms with E-state index in [1.54, 1.807) is 13.1 Å². The average Bonchev–Trinajstić information content (AvgIpc) is 2.78. The van der Waals surface area contributed by atoms with Gasteiger partial charge in [0.15, 0.2) is 0 Å². The summed E-state index contributed by atoms with van der Waals surface area (Å²) in [4.78, 5) is 13.7. The molecule has 1 unspecified atom stereocenters. The van der Waals surface area contributed by atoms with Crippen LogP contribution in [0.4, 0.5) is 4.39 Å². The predicted octanol–water partition coefficient (Wildman–Crippen LogP) is 1.71. The third-order valence-corrected chi connectivity index (χ3v) is 3.13. The Morgan fingerprint density at radius 1 is 1.59 bits per heavy atom. The number of rotatable bonds is 3. The zero-order valence-corrected chi connectivity index (χ0v) is 9.95. The average molecular weight is 236 g/mol. The van der Waals surface area contributed by atoms with E-state index in [-0.39, 0.29) is 17.8 Å². The molecule has 1 saturated heterocycles. The summed E-state index contributed by atoms with van der Waals surface area (Å²) in [5.74, 6) is -0.158. The summed E-state index contributed by atoms with van der Waals surface area (Å²) in [6.45, 7) is 1.10. The van der Waals surface area contributed by atoms with E-state index in [1.807, 2.05) is 11.0 Å². The van der Waals surface area contributed by atoms with Gasteiger partial charge >= 0.3 is 0 Å². The maximum Gasteiger partial charge on any atom is 0.237 e. The standard InChI is InChI=1S/C13H17FN2O/c1-15-9-13(17)16-7-3-6-12(16)10-4-2-5-11(14)8-10/h2,4-5,8,12,15H,3,6-7,9H2,1H3. The van der Waals surface area contributed by atoms with Gasteiger partial charge in [-0.2, -0.15) is 0 Å². The number of amides is 1. The van der Waals surface area contributed by atoms with Gasteiger partial charge in [-0.25, -0.2) is 4.39 Å². The summed E-state index contributed by atoms with van der Waals surface area (Å²) in [6.07, 6.45) is 1.90. The van der Waals surface area contributed by atoms with E-state index in [9.17, 15) is 9.18 Å². The van der Waals surface area contributed by atoms with Crippen molar-refractivity contribution in [1.82, 2.24) is 10.2 Å². The van der Waals surface area contributed by atoms with Crippen LogP contribution in [0.3, 0.4) is 0 Å². The Morgan fingerprint density at radius 3 is 3.12 bits per heavy atom. The van der Waals surface area contributed by atoms with Crippen LogP contribution in [-0.4, -0.2) is 30.9 Å². The lowest BCUT2D eigenvalue weighted by Crippen LogP contribution is -2.36. The minimum absolute atomic E-state index is 0.0338. The molecule has 1 amide bonds. The van der Waals surface area contributed by atoms with E-state index in [0.717, 1.165) is 24.9 Å². The molecule has 0 radical (unpaired) electrons. The lowest BCUT2D eigenvalue weighted by atomic mass is 10.0. The Hall–Kier alpha value is -1.42. The Kier molecular flexibility index (Phi) is 3.74. The van der Waals surface area contributed by atoms with E-state index >= 15 is 0 Å². The number of nitrogens with zero attached hydrogens (tertiary/aromatic N) is 1. The van der Waals surface area contributed by atoms with Crippen LogP contribution < -0.4 is 5.32 Å². The highest BCUT2D eigenvalue weighted by molar-refractivity contribution is 5.79. The fourth-order valence-corrected chi connectivity index (χ4v) is 2.38. The van der Waals surface area contributed by atoms with Crippen LogP contribution in [0.2, 0.25) is 0 Å². The highest BCUT2D eigenvalue weighted by Gasteiger charge is 2.29. The van der Waals surface area contributed by atoms with Crippen molar-refractivity contribution in [2.75, 3.05) is 20.1 Å². The van der Waals surface area contributed by atoms with Crippen molar-refractivity contribution in [3.05, 3.63) is 35.6 Å². The number of halogens is 1. The van der Waals surface area contributed by atoms with Gasteiger partial charge in [0.25, 0.3) is 0 Å². The third-order valence-electron chi connectivity index (χ3n) is 3.13. The van der Waals surface area contributed by atoms with Crippen molar-refractivity contribution in [3.8, 4) is 0 Å². The van der Waals surface area contributed by atoms with Crippen LogP contribution in [-0.2, 0) is 4.79 Å². The quantitative estimate of drug-likeness (QED) is 0.866. The first-order valence-corrected chi connectivity index (χ1v) is 5.92. The summed E-state index contributed by atoms with van der Waals surface area (Å²) < 4.78 is 13.2. The van der Waals surface area contributed by atoms with Crippen molar-refractivity contribution in [1.29, 1.82) is 0 Å². The summed E-state index contributed by atoms with van der Waals surface area (Å²) in [5, 5.41) is 2.86. The van der Waals surface area contributed by atoms with Crippen molar-refractivity contribution >= 4 is 5.91 Å². The van der Waals surface area contributed by atoms with Crippen LogP contribution in [0.5, 0.6) is 0 Å². The fraction of sp³-hybridized carbons (Fsp3) is 0.462. The summed E-state index contributed by atoms with van der Waals surface area (Å²) in [6, 6.07) is 6.57. The molecule has 0 bridgehead atoms. The second-order valence-corrected chi connectivity index (χ2v) is 4.33. The maximum atomic E-state index is 13.2. The molecule has 1 aromatic rings. The van der Waals surface area contributed by atoms with Crippen LogP contribution >= 0.6 is 0 Å². The number of hydrogen-bond acceptors (Lipinski definition) is 2. The van der Waals surface area contributed by atoms with Gasteiger partial charge in [-0.3, -0.25) is 4.79 Å². The van der Waals surface area contributed by atoms with Gasteiger partial charge in [0.2, 0.25) is 5.91 Å². The molecular weight excluding hydrogens is 219 g/mol. The Morgan fingerprint density at radius 2 is 2.41 bits per heavy atom. The first-order chi connectivity index (χ1) is 8.22. The van der Waals surface area contributed by atoms with Crippen molar-refractivity contribution in [3.63, 3.8) is 0 Å².